The van der Waals surface area contributed by atoms with E-state index in [1.54, 1.807) is 14.0 Å². The number of benzene rings is 1. The normalized spacial score (nSPS) is 11.8. The number of urea groups is 1. The Hall–Kier alpha value is -1.82. The predicted octanol–water partition coefficient (Wildman–Crippen LogP) is 2.46. The molecule has 0 aliphatic carbocycles. The number of hydrogen-bond acceptors (Lipinski definition) is 3. The molecular formula is C14H21FN2O3. The number of likely N-dealkylation sites (N-methyl/N-ethyl adjacent to an activating group) is 1. The monoisotopic (exact) mass is 284 g/mol. The lowest BCUT2D eigenvalue weighted by molar-refractivity contribution is 0.166. The Kier molecular flexibility index (Phi) is 6.24. The highest BCUT2D eigenvalue weighted by Crippen LogP contribution is 2.26. The van der Waals surface area contributed by atoms with Gasteiger partial charge in [-0.1, -0.05) is 6.92 Å². The van der Waals surface area contributed by atoms with E-state index in [0.717, 1.165) is 6.42 Å². The molecule has 0 aliphatic heterocycles. The van der Waals surface area contributed by atoms with Gasteiger partial charge in [-0.3, -0.25) is 0 Å². The first-order valence-electron chi connectivity index (χ1n) is 6.56. The topological polar surface area (TPSA) is 61.8 Å². The summed E-state index contributed by atoms with van der Waals surface area (Å²) in [6.07, 6.45) is 0.783. The number of hydrogen-bond donors (Lipinski definition) is 2. The molecule has 20 heavy (non-hydrogen) atoms. The highest BCUT2D eigenvalue weighted by molar-refractivity contribution is 5.91. The number of halogens is 1. The first kappa shape index (κ1) is 16.2. The minimum absolute atomic E-state index is 0.132. The van der Waals surface area contributed by atoms with E-state index < -0.39 is 5.82 Å². The lowest BCUT2D eigenvalue weighted by Crippen LogP contribution is -2.40. The standard InChI is InChI=1S/C14H21FN2O3/c1-4-7-20-13-8-11(15)5-6-12(13)16-14(19)17(3)10(2)9-18/h5-6,8,10,18H,4,7,9H2,1-3H3,(H,16,19). The average Bonchev–Trinajstić information content (AvgIpc) is 2.45. The van der Waals surface area contributed by atoms with Gasteiger partial charge in [-0.25, -0.2) is 9.18 Å². The molecule has 0 saturated carbocycles. The van der Waals surface area contributed by atoms with Crippen molar-refractivity contribution in [2.24, 2.45) is 0 Å². The molecule has 2 N–H and O–H groups in total. The second-order valence-corrected chi connectivity index (χ2v) is 4.56. The molecule has 0 saturated heterocycles. The molecule has 1 atom stereocenters. The Morgan fingerprint density at radius 2 is 2.25 bits per heavy atom. The molecule has 1 aromatic rings. The van der Waals surface area contributed by atoms with E-state index in [2.05, 4.69) is 5.32 Å². The lowest BCUT2D eigenvalue weighted by atomic mass is 10.2. The van der Waals surface area contributed by atoms with Crippen LogP contribution in [0.5, 0.6) is 5.75 Å². The summed E-state index contributed by atoms with van der Waals surface area (Å²) in [5.41, 5.74) is 0.404. The SMILES string of the molecule is CCCOc1cc(F)ccc1NC(=O)N(C)C(C)CO. The average molecular weight is 284 g/mol. The first-order valence-corrected chi connectivity index (χ1v) is 6.56. The second-order valence-electron chi connectivity index (χ2n) is 4.56. The Bertz CT molecular complexity index is 454. The van der Waals surface area contributed by atoms with Crippen LogP contribution in [0.25, 0.3) is 0 Å². The minimum atomic E-state index is -0.425. The third-order valence-corrected chi connectivity index (χ3v) is 2.89. The van der Waals surface area contributed by atoms with Crippen molar-refractivity contribution in [3.63, 3.8) is 0 Å². The van der Waals surface area contributed by atoms with Crippen molar-refractivity contribution in [1.29, 1.82) is 0 Å². The van der Waals surface area contributed by atoms with Crippen molar-refractivity contribution in [2.75, 3.05) is 25.6 Å². The Balaban J connectivity index is 2.83. The number of carbonyl (C=O) groups excluding carboxylic acids is 1. The second kappa shape index (κ2) is 7.69. The van der Waals surface area contributed by atoms with Gasteiger partial charge >= 0.3 is 6.03 Å². The minimum Gasteiger partial charge on any atom is -0.491 e. The van der Waals surface area contributed by atoms with Crippen LogP contribution in [0.1, 0.15) is 20.3 Å². The highest BCUT2D eigenvalue weighted by atomic mass is 19.1. The third-order valence-electron chi connectivity index (χ3n) is 2.89. The fourth-order valence-corrected chi connectivity index (χ4v) is 1.46. The first-order chi connectivity index (χ1) is 9.49. The molecular weight excluding hydrogens is 263 g/mol. The van der Waals surface area contributed by atoms with Gasteiger partial charge in [0.25, 0.3) is 0 Å². The summed E-state index contributed by atoms with van der Waals surface area (Å²) in [6, 6.07) is 3.25. The zero-order chi connectivity index (χ0) is 15.1. The maximum Gasteiger partial charge on any atom is 0.322 e. The van der Waals surface area contributed by atoms with E-state index in [4.69, 9.17) is 9.84 Å². The van der Waals surface area contributed by atoms with Crippen LogP contribution >= 0.6 is 0 Å². The predicted molar refractivity (Wildman–Crippen MR) is 75.5 cm³/mol. The number of aliphatic hydroxyl groups excluding tert-OH is 1. The molecule has 1 aromatic carbocycles. The third kappa shape index (κ3) is 4.38. The molecule has 5 nitrogen and oxygen atoms in total. The number of ether oxygens (including phenoxy) is 1. The van der Waals surface area contributed by atoms with Gasteiger partial charge in [-0.05, 0) is 25.5 Å². The van der Waals surface area contributed by atoms with Crippen molar-refractivity contribution < 1.29 is 19.0 Å². The van der Waals surface area contributed by atoms with Gasteiger partial charge in [0.05, 0.1) is 24.9 Å². The molecule has 6 heteroatoms. The number of nitrogens with zero attached hydrogens (tertiary/aromatic N) is 1. The molecule has 0 spiro atoms. The number of rotatable bonds is 6. The number of amides is 2. The fourth-order valence-electron chi connectivity index (χ4n) is 1.46. The molecule has 0 bridgehead atoms. The molecule has 112 valence electrons. The van der Waals surface area contributed by atoms with Gasteiger partial charge in [-0.15, -0.1) is 0 Å². The van der Waals surface area contributed by atoms with Crippen molar-refractivity contribution in [3.05, 3.63) is 24.0 Å². The largest absolute Gasteiger partial charge is 0.491 e. The maximum absolute atomic E-state index is 13.2. The zero-order valence-corrected chi connectivity index (χ0v) is 12.0. The molecule has 1 unspecified atom stereocenters. The van der Waals surface area contributed by atoms with Crippen LogP contribution in [-0.2, 0) is 0 Å². The highest BCUT2D eigenvalue weighted by Gasteiger charge is 2.16. The van der Waals surface area contributed by atoms with Crippen LogP contribution in [-0.4, -0.2) is 42.3 Å². The maximum atomic E-state index is 13.2. The van der Waals surface area contributed by atoms with Crippen molar-refractivity contribution in [3.8, 4) is 5.75 Å². The smallest absolute Gasteiger partial charge is 0.322 e. The van der Waals surface area contributed by atoms with Crippen LogP contribution in [0.3, 0.4) is 0 Å². The van der Waals surface area contributed by atoms with Crippen LogP contribution in [0.4, 0.5) is 14.9 Å². The zero-order valence-electron chi connectivity index (χ0n) is 12.0. The lowest BCUT2D eigenvalue weighted by Gasteiger charge is -2.24. The molecule has 0 aliphatic rings. The van der Waals surface area contributed by atoms with Gasteiger partial charge < -0.3 is 20.1 Å². The van der Waals surface area contributed by atoms with Crippen LogP contribution < -0.4 is 10.1 Å². The van der Waals surface area contributed by atoms with E-state index in [1.165, 1.54) is 23.1 Å². The van der Waals surface area contributed by atoms with Crippen molar-refractivity contribution in [2.45, 2.75) is 26.3 Å². The van der Waals surface area contributed by atoms with Gasteiger partial charge in [0.2, 0.25) is 0 Å². The Morgan fingerprint density at radius 3 is 2.85 bits per heavy atom. The summed E-state index contributed by atoms with van der Waals surface area (Å²) < 4.78 is 18.6. The summed E-state index contributed by atoms with van der Waals surface area (Å²) in [6.45, 7) is 3.97. The Labute approximate surface area is 118 Å². The molecule has 2 amide bonds. The van der Waals surface area contributed by atoms with E-state index in [9.17, 15) is 9.18 Å². The summed E-state index contributed by atoms with van der Waals surface area (Å²) >= 11 is 0. The van der Waals surface area contributed by atoms with Crippen LogP contribution in [0.2, 0.25) is 0 Å². The number of anilines is 1. The van der Waals surface area contributed by atoms with Gasteiger partial charge in [0.1, 0.15) is 11.6 Å². The van der Waals surface area contributed by atoms with E-state index in [-0.39, 0.29) is 18.7 Å². The fraction of sp³-hybridized carbons (Fsp3) is 0.500. The van der Waals surface area contributed by atoms with Gasteiger partial charge in [0.15, 0.2) is 0 Å². The van der Waals surface area contributed by atoms with Gasteiger partial charge in [0, 0.05) is 13.1 Å². The van der Waals surface area contributed by atoms with Crippen LogP contribution in [0, 0.1) is 5.82 Å². The molecule has 0 heterocycles. The summed E-state index contributed by atoms with van der Waals surface area (Å²) in [5.74, 6) is -0.128. The Morgan fingerprint density at radius 1 is 1.55 bits per heavy atom. The molecule has 1 rings (SSSR count). The molecule has 0 radical (unpaired) electrons. The quantitative estimate of drug-likeness (QED) is 0.843. The van der Waals surface area contributed by atoms with E-state index in [0.29, 0.717) is 18.0 Å². The number of aliphatic hydroxyl groups is 1. The summed E-state index contributed by atoms with van der Waals surface area (Å²) in [7, 11) is 1.58. The van der Waals surface area contributed by atoms with E-state index >= 15 is 0 Å². The van der Waals surface area contributed by atoms with Gasteiger partial charge in [-0.2, -0.15) is 0 Å². The van der Waals surface area contributed by atoms with Crippen molar-refractivity contribution in [1.82, 2.24) is 4.90 Å². The number of nitrogens with one attached hydrogen (secondary N) is 1. The van der Waals surface area contributed by atoms with Crippen molar-refractivity contribution >= 4 is 11.7 Å². The summed E-state index contributed by atoms with van der Waals surface area (Å²) in [4.78, 5) is 13.3. The number of carbonyl (C=O) groups is 1. The van der Waals surface area contributed by atoms with Crippen LogP contribution in [0.15, 0.2) is 18.2 Å². The van der Waals surface area contributed by atoms with E-state index in [1.807, 2.05) is 6.92 Å². The molecule has 0 fully saturated rings. The molecule has 0 aromatic heterocycles. The summed E-state index contributed by atoms with van der Waals surface area (Å²) in [5, 5.41) is 11.7.